The maximum atomic E-state index is 12.3. The van der Waals surface area contributed by atoms with E-state index in [-0.39, 0.29) is 11.7 Å². The second kappa shape index (κ2) is 8.19. The number of thiophene rings is 1. The van der Waals surface area contributed by atoms with Gasteiger partial charge in [0.2, 0.25) is 5.91 Å². The molecular formula is C18H20ClNO2S2. The van der Waals surface area contributed by atoms with E-state index < -0.39 is 5.41 Å². The van der Waals surface area contributed by atoms with Gasteiger partial charge in [-0.05, 0) is 36.4 Å². The van der Waals surface area contributed by atoms with Crippen molar-refractivity contribution in [3.05, 3.63) is 51.2 Å². The van der Waals surface area contributed by atoms with Gasteiger partial charge in [-0.25, -0.2) is 0 Å². The lowest BCUT2D eigenvalue weighted by Gasteiger charge is -2.17. The molecule has 1 aromatic heterocycles. The summed E-state index contributed by atoms with van der Waals surface area (Å²) in [6.45, 7) is 6.08. The molecule has 0 aliphatic carbocycles. The summed E-state index contributed by atoms with van der Waals surface area (Å²) in [5.74, 6) is 0.478. The number of benzene rings is 1. The zero-order valence-electron chi connectivity index (χ0n) is 13.9. The van der Waals surface area contributed by atoms with Crippen LogP contribution in [0.5, 0.6) is 0 Å². The smallest absolute Gasteiger partial charge is 0.225 e. The largest absolute Gasteiger partial charge is 0.351 e. The Hall–Kier alpha value is -1.30. The maximum absolute atomic E-state index is 12.3. The van der Waals surface area contributed by atoms with Crippen molar-refractivity contribution in [1.82, 2.24) is 5.32 Å². The third kappa shape index (κ3) is 5.65. The summed E-state index contributed by atoms with van der Waals surface area (Å²) in [7, 11) is 0. The molecule has 6 heteroatoms. The molecule has 1 aromatic carbocycles. The van der Waals surface area contributed by atoms with Crippen molar-refractivity contribution in [3.63, 3.8) is 0 Å². The molecule has 0 radical (unpaired) electrons. The van der Waals surface area contributed by atoms with E-state index in [9.17, 15) is 9.59 Å². The predicted molar refractivity (Wildman–Crippen MR) is 102 cm³/mol. The van der Waals surface area contributed by atoms with Crippen LogP contribution in [0.4, 0.5) is 0 Å². The Morgan fingerprint density at radius 3 is 2.42 bits per heavy atom. The van der Waals surface area contributed by atoms with Gasteiger partial charge in [0.1, 0.15) is 0 Å². The predicted octanol–water partition coefficient (Wildman–Crippen LogP) is 5.04. The third-order valence-corrected chi connectivity index (χ3v) is 5.61. The van der Waals surface area contributed by atoms with Crippen LogP contribution in [-0.2, 0) is 11.3 Å². The number of carbonyl (C=O) groups excluding carboxylic acids is 2. The van der Waals surface area contributed by atoms with Crippen LogP contribution in [0.3, 0.4) is 0 Å². The fraction of sp³-hybridized carbons (Fsp3) is 0.333. The lowest BCUT2D eigenvalue weighted by Crippen LogP contribution is -2.34. The minimum absolute atomic E-state index is 0.00192. The van der Waals surface area contributed by atoms with Crippen molar-refractivity contribution in [2.75, 3.05) is 5.75 Å². The Labute approximate surface area is 155 Å². The summed E-state index contributed by atoms with van der Waals surface area (Å²) in [4.78, 5) is 26.9. The number of hydrogen-bond donors (Lipinski definition) is 1. The van der Waals surface area contributed by atoms with Crippen LogP contribution in [0.2, 0.25) is 5.02 Å². The van der Waals surface area contributed by atoms with Crippen LogP contribution >= 0.6 is 34.7 Å². The molecule has 3 nitrogen and oxygen atoms in total. The highest BCUT2D eigenvalue weighted by atomic mass is 35.5. The third-order valence-electron chi connectivity index (χ3n) is 3.22. The molecule has 0 saturated heterocycles. The minimum atomic E-state index is -0.412. The van der Waals surface area contributed by atoms with Gasteiger partial charge in [-0.15, -0.1) is 23.1 Å². The highest BCUT2D eigenvalue weighted by molar-refractivity contribution is 8.00. The van der Waals surface area contributed by atoms with Gasteiger partial charge >= 0.3 is 0 Å². The van der Waals surface area contributed by atoms with E-state index in [2.05, 4.69) is 5.32 Å². The lowest BCUT2D eigenvalue weighted by molar-refractivity contribution is -0.128. The molecule has 1 heterocycles. The molecule has 1 N–H and O–H groups in total. The van der Waals surface area contributed by atoms with Crippen molar-refractivity contribution in [2.45, 2.75) is 32.2 Å². The van der Waals surface area contributed by atoms with Crippen molar-refractivity contribution < 1.29 is 9.59 Å². The van der Waals surface area contributed by atoms with Crippen molar-refractivity contribution in [3.8, 4) is 0 Å². The van der Waals surface area contributed by atoms with E-state index in [4.69, 9.17) is 11.6 Å². The maximum Gasteiger partial charge on any atom is 0.225 e. The fourth-order valence-corrected chi connectivity index (χ4v) is 3.69. The first-order valence-electron chi connectivity index (χ1n) is 7.54. The van der Waals surface area contributed by atoms with Crippen molar-refractivity contribution >= 4 is 46.4 Å². The molecule has 0 atom stereocenters. The van der Waals surface area contributed by atoms with Crippen LogP contribution in [0.15, 0.2) is 41.3 Å². The summed E-state index contributed by atoms with van der Waals surface area (Å²) in [5.41, 5.74) is -0.412. The summed E-state index contributed by atoms with van der Waals surface area (Å²) in [6, 6.07) is 11.2. The molecule has 0 fully saturated rings. The molecule has 24 heavy (non-hydrogen) atoms. The highest BCUT2D eigenvalue weighted by Gasteiger charge is 2.20. The van der Waals surface area contributed by atoms with Gasteiger partial charge in [-0.2, -0.15) is 0 Å². The monoisotopic (exact) mass is 381 g/mol. The van der Waals surface area contributed by atoms with Crippen LogP contribution in [0.25, 0.3) is 0 Å². The summed E-state index contributed by atoms with van der Waals surface area (Å²) < 4.78 is 0. The Bertz CT molecular complexity index is 717. The molecular weight excluding hydrogens is 362 g/mol. The van der Waals surface area contributed by atoms with E-state index in [1.807, 2.05) is 57.2 Å². The number of amides is 1. The summed E-state index contributed by atoms with van der Waals surface area (Å²) >= 11 is 8.77. The number of thioether (sulfide) groups is 1. The Balaban J connectivity index is 1.86. The van der Waals surface area contributed by atoms with Crippen LogP contribution in [-0.4, -0.2) is 17.4 Å². The first-order valence-corrected chi connectivity index (χ1v) is 9.72. The molecule has 1 amide bonds. The van der Waals surface area contributed by atoms with Gasteiger partial charge in [0.15, 0.2) is 5.78 Å². The van der Waals surface area contributed by atoms with Gasteiger partial charge in [0.05, 0.1) is 17.2 Å². The van der Waals surface area contributed by atoms with Crippen molar-refractivity contribution in [1.29, 1.82) is 0 Å². The topological polar surface area (TPSA) is 46.2 Å². The molecule has 0 saturated carbocycles. The molecule has 0 bridgehead atoms. The quantitative estimate of drug-likeness (QED) is 0.563. The van der Waals surface area contributed by atoms with Crippen LogP contribution in [0, 0.1) is 5.41 Å². The van der Waals surface area contributed by atoms with Gasteiger partial charge in [-0.1, -0.05) is 32.4 Å². The molecule has 2 aromatic rings. The number of Topliss-reactive ketones (excluding diaryl/α,β-unsaturated/α-hetero) is 1. The average Bonchev–Trinajstić information content (AvgIpc) is 3.00. The number of ketones is 1. The fourth-order valence-electron chi connectivity index (χ4n) is 1.81. The van der Waals surface area contributed by atoms with Gasteiger partial charge < -0.3 is 5.32 Å². The lowest BCUT2D eigenvalue weighted by atomic mass is 9.96. The first-order chi connectivity index (χ1) is 11.3. The van der Waals surface area contributed by atoms with Gasteiger partial charge in [-0.3, -0.25) is 9.59 Å². The second-order valence-electron chi connectivity index (χ2n) is 6.36. The molecule has 0 aliphatic heterocycles. The zero-order chi connectivity index (χ0) is 17.7. The Kier molecular flexibility index (Phi) is 6.49. The van der Waals surface area contributed by atoms with Crippen LogP contribution in [0.1, 0.15) is 35.3 Å². The van der Waals surface area contributed by atoms with E-state index >= 15 is 0 Å². The van der Waals surface area contributed by atoms with Crippen molar-refractivity contribution in [2.24, 2.45) is 5.41 Å². The zero-order valence-corrected chi connectivity index (χ0v) is 16.3. The average molecular weight is 382 g/mol. The minimum Gasteiger partial charge on any atom is -0.351 e. The molecule has 0 unspecified atom stereocenters. The number of nitrogens with one attached hydrogen (secondary N) is 1. The number of hydrogen-bond acceptors (Lipinski definition) is 4. The van der Waals surface area contributed by atoms with E-state index in [0.717, 1.165) is 14.6 Å². The standard InChI is InChI=1S/C18H20ClNO2S2/c1-18(2,3)17(22)20-10-14-8-9-16(24-14)15(21)11-23-13-6-4-12(19)5-7-13/h4-9H,10-11H2,1-3H3,(H,20,22). The summed E-state index contributed by atoms with van der Waals surface area (Å²) in [6.07, 6.45) is 0. The SMILES string of the molecule is CC(C)(C)C(=O)NCc1ccc(C(=O)CSc2ccc(Cl)cc2)s1. The summed E-state index contributed by atoms with van der Waals surface area (Å²) in [5, 5.41) is 3.58. The van der Waals surface area contributed by atoms with E-state index in [1.165, 1.54) is 23.1 Å². The molecule has 0 spiro atoms. The molecule has 2 rings (SSSR count). The highest BCUT2D eigenvalue weighted by Crippen LogP contribution is 2.24. The normalized spacial score (nSPS) is 11.3. The van der Waals surface area contributed by atoms with E-state index in [0.29, 0.717) is 17.3 Å². The first kappa shape index (κ1) is 19.0. The van der Waals surface area contributed by atoms with Gasteiger partial charge in [0.25, 0.3) is 0 Å². The number of carbonyl (C=O) groups is 2. The Morgan fingerprint density at radius 1 is 1.12 bits per heavy atom. The number of rotatable bonds is 6. The van der Waals surface area contributed by atoms with E-state index in [1.54, 1.807) is 0 Å². The molecule has 0 aliphatic rings. The molecule has 128 valence electrons. The number of halogens is 1. The van der Waals surface area contributed by atoms with Gasteiger partial charge in [0, 0.05) is 20.2 Å². The second-order valence-corrected chi connectivity index (χ2v) is 9.02. The Morgan fingerprint density at radius 2 is 1.79 bits per heavy atom. The van der Waals surface area contributed by atoms with Crippen LogP contribution < -0.4 is 5.32 Å².